The zero-order valence-electron chi connectivity index (χ0n) is 17.8. The number of rotatable bonds is 4. The van der Waals surface area contributed by atoms with Crippen LogP contribution in [0.5, 0.6) is 0 Å². The largest absolute Gasteiger partial charge is 0.454 e. The summed E-state index contributed by atoms with van der Waals surface area (Å²) in [6, 6.07) is 41.4. The molecular weight excluding hydrogens is 426 g/mol. The van der Waals surface area contributed by atoms with Gasteiger partial charge in [0.15, 0.2) is 5.58 Å². The lowest BCUT2D eigenvalue weighted by Crippen LogP contribution is -2.10. The molecule has 1 aromatic heterocycles. The Morgan fingerprint density at radius 3 is 1.85 bits per heavy atom. The molecule has 0 radical (unpaired) electrons. The first kappa shape index (κ1) is 19.7. The van der Waals surface area contributed by atoms with Gasteiger partial charge in [0.2, 0.25) is 0 Å². The fourth-order valence-corrected chi connectivity index (χ4v) is 4.62. The molecule has 6 rings (SSSR count). The van der Waals surface area contributed by atoms with Gasteiger partial charge in [-0.1, -0.05) is 84.4 Å². The third kappa shape index (κ3) is 3.45. The second-order valence-corrected chi connectivity index (χ2v) is 8.39. The van der Waals surface area contributed by atoms with E-state index in [0.717, 1.165) is 50.1 Å². The first-order valence-electron chi connectivity index (χ1n) is 10.9. The van der Waals surface area contributed by atoms with E-state index in [2.05, 4.69) is 95.9 Å². The van der Waals surface area contributed by atoms with Crippen molar-refractivity contribution in [1.29, 1.82) is 0 Å². The van der Waals surface area contributed by atoms with Gasteiger partial charge < -0.3 is 9.32 Å². The molecule has 1 heterocycles. The molecule has 0 aliphatic carbocycles. The molecule has 0 spiro atoms. The normalized spacial score (nSPS) is 11.2. The lowest BCUT2D eigenvalue weighted by Gasteiger charge is -2.25. The Morgan fingerprint density at radius 2 is 1.21 bits per heavy atom. The summed E-state index contributed by atoms with van der Waals surface area (Å²) in [5.41, 5.74) is 7.01. The van der Waals surface area contributed by atoms with Gasteiger partial charge in [0.25, 0.3) is 0 Å². The van der Waals surface area contributed by atoms with Gasteiger partial charge in [-0.3, -0.25) is 0 Å². The third-order valence-electron chi connectivity index (χ3n) is 5.92. The highest BCUT2D eigenvalue weighted by Crippen LogP contribution is 2.45. The number of furan rings is 1. The SMILES string of the molecule is Clc1ccc2c(c1)oc1c(N(c3ccccc3)c3ccccc3)ccc(-c3ccccc3)c12. The summed E-state index contributed by atoms with van der Waals surface area (Å²) < 4.78 is 6.52. The Hall–Kier alpha value is -4.01. The molecule has 0 saturated heterocycles. The standard InChI is InChI=1S/C30H20ClNO/c31-22-16-17-26-28(20-22)33-30-27(19-18-25(29(26)30)21-10-4-1-5-11-21)32(23-12-6-2-7-13-23)24-14-8-3-9-15-24/h1-20H. The van der Waals surface area contributed by atoms with Gasteiger partial charge >= 0.3 is 0 Å². The zero-order chi connectivity index (χ0) is 22.2. The molecule has 0 unspecified atom stereocenters. The molecule has 0 aliphatic heterocycles. The summed E-state index contributed by atoms with van der Waals surface area (Å²) in [7, 11) is 0. The highest BCUT2D eigenvalue weighted by molar-refractivity contribution is 6.31. The van der Waals surface area contributed by atoms with Gasteiger partial charge in [0, 0.05) is 33.2 Å². The highest BCUT2D eigenvalue weighted by Gasteiger charge is 2.21. The summed E-state index contributed by atoms with van der Waals surface area (Å²) >= 11 is 6.33. The molecule has 158 valence electrons. The molecule has 0 amide bonds. The van der Waals surface area contributed by atoms with Gasteiger partial charge in [-0.2, -0.15) is 0 Å². The van der Waals surface area contributed by atoms with Crippen LogP contribution in [-0.4, -0.2) is 0 Å². The molecular formula is C30H20ClNO. The number of para-hydroxylation sites is 2. The van der Waals surface area contributed by atoms with E-state index in [4.69, 9.17) is 16.0 Å². The molecule has 0 bridgehead atoms. The van der Waals surface area contributed by atoms with Gasteiger partial charge in [0.1, 0.15) is 5.58 Å². The smallest absolute Gasteiger partial charge is 0.160 e. The predicted molar refractivity (Wildman–Crippen MR) is 139 cm³/mol. The molecule has 0 atom stereocenters. The summed E-state index contributed by atoms with van der Waals surface area (Å²) in [6.07, 6.45) is 0. The minimum Gasteiger partial charge on any atom is -0.454 e. The first-order chi connectivity index (χ1) is 16.3. The fourth-order valence-electron chi connectivity index (χ4n) is 4.46. The van der Waals surface area contributed by atoms with Crippen LogP contribution in [0.2, 0.25) is 5.02 Å². The second kappa shape index (κ2) is 8.16. The minimum atomic E-state index is 0.660. The van der Waals surface area contributed by atoms with Gasteiger partial charge in [-0.05, 0) is 53.6 Å². The van der Waals surface area contributed by atoms with Crippen LogP contribution in [0.3, 0.4) is 0 Å². The van der Waals surface area contributed by atoms with E-state index in [9.17, 15) is 0 Å². The number of hydrogen-bond donors (Lipinski definition) is 0. The second-order valence-electron chi connectivity index (χ2n) is 7.95. The molecule has 5 aromatic carbocycles. The van der Waals surface area contributed by atoms with E-state index >= 15 is 0 Å². The van der Waals surface area contributed by atoms with Crippen molar-refractivity contribution < 1.29 is 4.42 Å². The first-order valence-corrected chi connectivity index (χ1v) is 11.3. The molecule has 6 aromatic rings. The molecule has 0 fully saturated rings. The third-order valence-corrected chi connectivity index (χ3v) is 6.15. The van der Waals surface area contributed by atoms with Crippen molar-refractivity contribution in [3.05, 3.63) is 126 Å². The quantitative estimate of drug-likeness (QED) is 0.268. The number of halogens is 1. The van der Waals surface area contributed by atoms with Crippen LogP contribution in [0, 0.1) is 0 Å². The van der Waals surface area contributed by atoms with Crippen molar-refractivity contribution in [2.24, 2.45) is 0 Å². The van der Waals surface area contributed by atoms with Crippen molar-refractivity contribution >= 4 is 50.6 Å². The lowest BCUT2D eigenvalue weighted by molar-refractivity contribution is 0.669. The van der Waals surface area contributed by atoms with Crippen LogP contribution in [0.1, 0.15) is 0 Å². The Labute approximate surface area is 197 Å². The van der Waals surface area contributed by atoms with E-state index in [1.807, 2.05) is 30.3 Å². The van der Waals surface area contributed by atoms with E-state index in [1.165, 1.54) is 0 Å². The van der Waals surface area contributed by atoms with Gasteiger partial charge in [-0.25, -0.2) is 0 Å². The van der Waals surface area contributed by atoms with Crippen molar-refractivity contribution in [3.63, 3.8) is 0 Å². The van der Waals surface area contributed by atoms with Crippen LogP contribution in [0.15, 0.2) is 126 Å². The number of fused-ring (bicyclic) bond motifs is 3. The molecule has 0 saturated carbocycles. The van der Waals surface area contributed by atoms with Crippen molar-refractivity contribution in [2.75, 3.05) is 4.90 Å². The number of anilines is 3. The van der Waals surface area contributed by atoms with Gasteiger partial charge in [0.05, 0.1) is 5.69 Å². The summed E-state index contributed by atoms with van der Waals surface area (Å²) in [6.45, 7) is 0. The Morgan fingerprint density at radius 1 is 0.606 bits per heavy atom. The Kier molecular flexibility index (Phi) is 4.86. The van der Waals surface area contributed by atoms with E-state index in [-0.39, 0.29) is 0 Å². The van der Waals surface area contributed by atoms with Crippen LogP contribution < -0.4 is 4.90 Å². The molecule has 2 nitrogen and oxygen atoms in total. The fraction of sp³-hybridized carbons (Fsp3) is 0. The van der Waals surface area contributed by atoms with Crippen LogP contribution >= 0.6 is 11.6 Å². The van der Waals surface area contributed by atoms with Crippen molar-refractivity contribution in [3.8, 4) is 11.1 Å². The highest BCUT2D eigenvalue weighted by atomic mass is 35.5. The van der Waals surface area contributed by atoms with E-state index in [0.29, 0.717) is 5.02 Å². The van der Waals surface area contributed by atoms with Crippen molar-refractivity contribution in [2.45, 2.75) is 0 Å². The van der Waals surface area contributed by atoms with Gasteiger partial charge in [-0.15, -0.1) is 0 Å². The average Bonchev–Trinajstić information content (AvgIpc) is 3.25. The Balaban J connectivity index is 1.70. The molecule has 0 N–H and O–H groups in total. The number of benzene rings is 5. The van der Waals surface area contributed by atoms with Crippen molar-refractivity contribution in [1.82, 2.24) is 0 Å². The van der Waals surface area contributed by atoms with Crippen LogP contribution in [-0.2, 0) is 0 Å². The monoisotopic (exact) mass is 445 g/mol. The zero-order valence-corrected chi connectivity index (χ0v) is 18.5. The van der Waals surface area contributed by atoms with Crippen LogP contribution in [0.25, 0.3) is 33.1 Å². The predicted octanol–water partition coefficient (Wildman–Crippen LogP) is 9.38. The molecule has 33 heavy (non-hydrogen) atoms. The summed E-state index contributed by atoms with van der Waals surface area (Å²) in [4.78, 5) is 2.24. The maximum Gasteiger partial charge on any atom is 0.160 e. The average molecular weight is 446 g/mol. The van der Waals surface area contributed by atoms with E-state index < -0.39 is 0 Å². The topological polar surface area (TPSA) is 16.4 Å². The number of hydrogen-bond acceptors (Lipinski definition) is 2. The summed E-state index contributed by atoms with van der Waals surface area (Å²) in [5, 5.41) is 2.80. The maximum atomic E-state index is 6.52. The maximum absolute atomic E-state index is 6.52. The Bertz CT molecular complexity index is 1520. The van der Waals surface area contributed by atoms with E-state index in [1.54, 1.807) is 0 Å². The molecule has 3 heteroatoms. The summed E-state index contributed by atoms with van der Waals surface area (Å²) in [5.74, 6) is 0. The minimum absolute atomic E-state index is 0.660. The lowest BCUT2D eigenvalue weighted by atomic mass is 9.98. The van der Waals surface area contributed by atoms with Crippen LogP contribution in [0.4, 0.5) is 17.1 Å². The number of nitrogens with zero attached hydrogens (tertiary/aromatic N) is 1. The molecule has 0 aliphatic rings.